The highest BCUT2D eigenvalue weighted by Crippen LogP contribution is 2.30. The van der Waals surface area contributed by atoms with E-state index in [9.17, 15) is 9.90 Å². The van der Waals surface area contributed by atoms with Gasteiger partial charge in [-0.3, -0.25) is 4.79 Å². The zero-order valence-corrected chi connectivity index (χ0v) is 11.6. The standard InChI is InChI=1S/C13H16BrNO3/c14-10-2-4-11(5-3-10)18-8-12(16)15-9-13(17)6-1-7-13/h2-5,17H,1,6-9H2,(H,15,16). The van der Waals surface area contributed by atoms with Crippen LogP contribution in [0, 0.1) is 0 Å². The average molecular weight is 314 g/mol. The minimum Gasteiger partial charge on any atom is -0.484 e. The highest BCUT2D eigenvalue weighted by molar-refractivity contribution is 9.10. The van der Waals surface area contributed by atoms with Crippen LogP contribution in [0.4, 0.5) is 0 Å². The maximum atomic E-state index is 11.5. The Balaban J connectivity index is 1.69. The van der Waals surface area contributed by atoms with Crippen LogP contribution in [0.2, 0.25) is 0 Å². The molecule has 0 radical (unpaired) electrons. The van der Waals surface area contributed by atoms with E-state index in [2.05, 4.69) is 21.2 Å². The van der Waals surface area contributed by atoms with Crippen molar-refractivity contribution < 1.29 is 14.6 Å². The SMILES string of the molecule is O=C(COc1ccc(Br)cc1)NCC1(O)CCC1. The average Bonchev–Trinajstić information content (AvgIpc) is 2.33. The lowest BCUT2D eigenvalue weighted by Gasteiger charge is -2.36. The predicted octanol–water partition coefficient (Wildman–Crippen LogP) is 1.86. The number of rotatable bonds is 5. The summed E-state index contributed by atoms with van der Waals surface area (Å²) in [5.74, 6) is 0.439. The van der Waals surface area contributed by atoms with Crippen LogP contribution in [0.15, 0.2) is 28.7 Å². The zero-order chi connectivity index (χ0) is 13.0. The molecule has 1 fully saturated rings. The molecule has 0 atom stereocenters. The molecule has 0 unspecified atom stereocenters. The third-order valence-corrected chi connectivity index (χ3v) is 3.61. The molecule has 0 spiro atoms. The van der Waals surface area contributed by atoms with E-state index in [1.165, 1.54) is 0 Å². The molecule has 1 aliphatic rings. The number of hydrogen-bond donors (Lipinski definition) is 2. The van der Waals surface area contributed by atoms with Crippen LogP contribution < -0.4 is 10.1 Å². The van der Waals surface area contributed by atoms with Gasteiger partial charge in [0.15, 0.2) is 6.61 Å². The first-order chi connectivity index (χ1) is 8.57. The van der Waals surface area contributed by atoms with Gasteiger partial charge in [0.25, 0.3) is 5.91 Å². The minimum atomic E-state index is -0.687. The summed E-state index contributed by atoms with van der Waals surface area (Å²) in [6, 6.07) is 7.28. The number of aliphatic hydroxyl groups is 1. The summed E-state index contributed by atoms with van der Waals surface area (Å²) >= 11 is 3.32. The molecule has 0 heterocycles. The van der Waals surface area contributed by atoms with Crippen molar-refractivity contribution in [3.63, 3.8) is 0 Å². The summed E-state index contributed by atoms with van der Waals surface area (Å²) in [7, 11) is 0. The van der Waals surface area contributed by atoms with Crippen LogP contribution >= 0.6 is 15.9 Å². The van der Waals surface area contributed by atoms with E-state index in [1.807, 2.05) is 12.1 Å². The van der Waals surface area contributed by atoms with Gasteiger partial charge in [0.2, 0.25) is 0 Å². The quantitative estimate of drug-likeness (QED) is 0.872. The van der Waals surface area contributed by atoms with E-state index in [-0.39, 0.29) is 12.5 Å². The molecule has 0 aromatic heterocycles. The minimum absolute atomic E-state index is 0.0300. The van der Waals surface area contributed by atoms with Gasteiger partial charge in [-0.25, -0.2) is 0 Å². The molecule has 1 amide bonds. The molecule has 0 aliphatic heterocycles. The lowest BCUT2D eigenvalue weighted by molar-refractivity contribution is -0.125. The third-order valence-electron chi connectivity index (χ3n) is 3.08. The van der Waals surface area contributed by atoms with Crippen LogP contribution in [0.25, 0.3) is 0 Å². The van der Waals surface area contributed by atoms with Crippen molar-refractivity contribution in [2.75, 3.05) is 13.2 Å². The highest BCUT2D eigenvalue weighted by atomic mass is 79.9. The number of ether oxygens (including phenoxy) is 1. The molecular weight excluding hydrogens is 298 g/mol. The van der Waals surface area contributed by atoms with Crippen LogP contribution in [0.3, 0.4) is 0 Å². The largest absolute Gasteiger partial charge is 0.484 e. The van der Waals surface area contributed by atoms with Crippen molar-refractivity contribution in [3.8, 4) is 5.75 Å². The predicted molar refractivity (Wildman–Crippen MR) is 71.4 cm³/mol. The van der Waals surface area contributed by atoms with E-state index in [0.717, 1.165) is 23.7 Å². The maximum absolute atomic E-state index is 11.5. The number of hydrogen-bond acceptors (Lipinski definition) is 3. The molecule has 1 aromatic rings. The molecule has 1 aromatic carbocycles. The van der Waals surface area contributed by atoms with Gasteiger partial charge >= 0.3 is 0 Å². The molecule has 98 valence electrons. The molecule has 0 saturated heterocycles. The van der Waals surface area contributed by atoms with Crippen molar-refractivity contribution >= 4 is 21.8 Å². The first kappa shape index (κ1) is 13.4. The first-order valence-corrected chi connectivity index (χ1v) is 6.74. The van der Waals surface area contributed by atoms with Gasteiger partial charge in [-0.15, -0.1) is 0 Å². The molecule has 5 heteroatoms. The normalized spacial score (nSPS) is 16.8. The van der Waals surface area contributed by atoms with Crippen LogP contribution in [-0.2, 0) is 4.79 Å². The van der Waals surface area contributed by atoms with Gasteiger partial charge < -0.3 is 15.2 Å². The second-order valence-corrected chi connectivity index (χ2v) is 5.51. The number of halogens is 1. The van der Waals surface area contributed by atoms with Gasteiger partial charge in [-0.1, -0.05) is 15.9 Å². The number of nitrogens with one attached hydrogen (secondary N) is 1. The lowest BCUT2D eigenvalue weighted by Crippen LogP contribution is -2.48. The van der Waals surface area contributed by atoms with Crippen molar-refractivity contribution in [2.24, 2.45) is 0 Å². The topological polar surface area (TPSA) is 58.6 Å². The fourth-order valence-electron chi connectivity index (χ4n) is 1.76. The number of benzene rings is 1. The molecular formula is C13H16BrNO3. The smallest absolute Gasteiger partial charge is 0.258 e. The van der Waals surface area contributed by atoms with Crippen molar-refractivity contribution in [2.45, 2.75) is 24.9 Å². The van der Waals surface area contributed by atoms with Gasteiger partial charge in [0, 0.05) is 11.0 Å². The zero-order valence-electron chi connectivity index (χ0n) is 9.99. The van der Waals surface area contributed by atoms with Gasteiger partial charge in [0.05, 0.1) is 5.60 Å². The number of amides is 1. The summed E-state index contributed by atoms with van der Waals surface area (Å²) in [5.41, 5.74) is -0.687. The van der Waals surface area contributed by atoms with E-state index in [0.29, 0.717) is 12.3 Å². The van der Waals surface area contributed by atoms with E-state index in [1.54, 1.807) is 12.1 Å². The van der Waals surface area contributed by atoms with Crippen molar-refractivity contribution in [1.29, 1.82) is 0 Å². The summed E-state index contributed by atoms with van der Waals surface area (Å²) in [6.07, 6.45) is 2.56. The van der Waals surface area contributed by atoms with E-state index >= 15 is 0 Å². The molecule has 4 nitrogen and oxygen atoms in total. The Morgan fingerprint density at radius 3 is 2.61 bits per heavy atom. The molecule has 1 aliphatic carbocycles. The third kappa shape index (κ3) is 3.71. The van der Waals surface area contributed by atoms with E-state index < -0.39 is 5.60 Å². The Morgan fingerprint density at radius 1 is 1.39 bits per heavy atom. The Morgan fingerprint density at radius 2 is 2.06 bits per heavy atom. The van der Waals surface area contributed by atoms with Crippen molar-refractivity contribution in [3.05, 3.63) is 28.7 Å². The fourth-order valence-corrected chi connectivity index (χ4v) is 2.02. The Labute approximate surface area is 114 Å². The molecule has 0 bridgehead atoms. The summed E-state index contributed by atoms with van der Waals surface area (Å²) < 4.78 is 6.29. The Kier molecular flexibility index (Phi) is 4.24. The van der Waals surface area contributed by atoms with Crippen LogP contribution in [0.1, 0.15) is 19.3 Å². The van der Waals surface area contributed by atoms with Crippen LogP contribution in [-0.4, -0.2) is 29.8 Å². The Hall–Kier alpha value is -1.07. The second-order valence-electron chi connectivity index (χ2n) is 4.60. The van der Waals surface area contributed by atoms with Gasteiger partial charge in [-0.2, -0.15) is 0 Å². The maximum Gasteiger partial charge on any atom is 0.258 e. The first-order valence-electron chi connectivity index (χ1n) is 5.95. The lowest BCUT2D eigenvalue weighted by atomic mass is 9.80. The molecule has 2 rings (SSSR count). The second kappa shape index (κ2) is 5.71. The monoisotopic (exact) mass is 313 g/mol. The van der Waals surface area contributed by atoms with Crippen molar-refractivity contribution in [1.82, 2.24) is 5.32 Å². The van der Waals surface area contributed by atoms with Gasteiger partial charge in [0.1, 0.15) is 5.75 Å². The van der Waals surface area contributed by atoms with Gasteiger partial charge in [-0.05, 0) is 43.5 Å². The molecule has 2 N–H and O–H groups in total. The summed E-state index contributed by atoms with van der Waals surface area (Å²) in [5, 5.41) is 12.5. The molecule has 1 saturated carbocycles. The highest BCUT2D eigenvalue weighted by Gasteiger charge is 2.34. The summed E-state index contributed by atoms with van der Waals surface area (Å²) in [4.78, 5) is 11.5. The number of carbonyl (C=O) groups excluding carboxylic acids is 1. The Bertz CT molecular complexity index is 415. The van der Waals surface area contributed by atoms with E-state index in [4.69, 9.17) is 4.74 Å². The molecule has 18 heavy (non-hydrogen) atoms. The fraction of sp³-hybridized carbons (Fsp3) is 0.462. The summed E-state index contributed by atoms with van der Waals surface area (Å²) in [6.45, 7) is 0.285. The number of carbonyl (C=O) groups is 1. The van der Waals surface area contributed by atoms with Crippen LogP contribution in [0.5, 0.6) is 5.75 Å².